The molecule has 2 aromatic rings. The molecule has 0 amide bonds. The third-order valence-electron chi connectivity index (χ3n) is 2.02. The Bertz CT molecular complexity index is 447. The van der Waals surface area contributed by atoms with Crippen molar-refractivity contribution in [1.82, 2.24) is 9.97 Å². The molecule has 0 aliphatic rings. The van der Waals surface area contributed by atoms with Gasteiger partial charge in [0, 0.05) is 6.07 Å². The summed E-state index contributed by atoms with van der Waals surface area (Å²) in [5.41, 5.74) is 3.52. The third kappa shape index (κ3) is 2.68. The van der Waals surface area contributed by atoms with Gasteiger partial charge in [-0.25, -0.2) is 15.8 Å². The van der Waals surface area contributed by atoms with E-state index in [-0.39, 0.29) is 0 Å². The molecule has 0 aliphatic carbocycles. The van der Waals surface area contributed by atoms with Crippen LogP contribution >= 0.6 is 0 Å². The smallest absolute Gasteiger partial charge is 0.218 e. The van der Waals surface area contributed by atoms with Crippen LogP contribution in [0.3, 0.4) is 0 Å². The van der Waals surface area contributed by atoms with E-state index in [9.17, 15) is 0 Å². The standard InChI is InChI=1S/C11H12N4O/c12-15-10-6-11(14-8-13-10)16-7-9-4-2-1-3-5-9/h1-6,8H,7,12H2,(H,13,14,15). The zero-order chi connectivity index (χ0) is 11.2. The molecule has 0 unspecified atom stereocenters. The van der Waals surface area contributed by atoms with E-state index in [2.05, 4.69) is 15.4 Å². The van der Waals surface area contributed by atoms with E-state index in [0.29, 0.717) is 18.3 Å². The summed E-state index contributed by atoms with van der Waals surface area (Å²) in [5.74, 6) is 6.25. The second kappa shape index (κ2) is 5.09. The third-order valence-corrected chi connectivity index (χ3v) is 2.02. The van der Waals surface area contributed by atoms with Gasteiger partial charge in [0.1, 0.15) is 18.8 Å². The highest BCUT2D eigenvalue weighted by Crippen LogP contribution is 2.11. The molecular formula is C11H12N4O. The fourth-order valence-electron chi connectivity index (χ4n) is 1.23. The lowest BCUT2D eigenvalue weighted by atomic mass is 10.2. The minimum Gasteiger partial charge on any atom is -0.473 e. The lowest BCUT2D eigenvalue weighted by Gasteiger charge is -2.05. The Morgan fingerprint density at radius 3 is 2.75 bits per heavy atom. The van der Waals surface area contributed by atoms with Crippen LogP contribution in [0.1, 0.15) is 5.56 Å². The van der Waals surface area contributed by atoms with E-state index >= 15 is 0 Å². The highest BCUT2D eigenvalue weighted by Gasteiger charge is 1.98. The number of hydrogen-bond donors (Lipinski definition) is 2. The van der Waals surface area contributed by atoms with Crippen molar-refractivity contribution in [3.63, 3.8) is 0 Å². The molecule has 82 valence electrons. The average molecular weight is 216 g/mol. The van der Waals surface area contributed by atoms with Crippen LogP contribution in [-0.4, -0.2) is 9.97 Å². The van der Waals surface area contributed by atoms with Crippen LogP contribution in [0.2, 0.25) is 0 Å². The number of hydrazine groups is 1. The first-order valence-electron chi connectivity index (χ1n) is 4.84. The summed E-state index contributed by atoms with van der Waals surface area (Å²) in [4.78, 5) is 7.86. The highest BCUT2D eigenvalue weighted by molar-refractivity contribution is 5.35. The number of nitrogens with one attached hydrogen (secondary N) is 1. The molecule has 0 aliphatic heterocycles. The van der Waals surface area contributed by atoms with Gasteiger partial charge in [-0.1, -0.05) is 30.3 Å². The Morgan fingerprint density at radius 1 is 1.19 bits per heavy atom. The number of aromatic nitrogens is 2. The summed E-state index contributed by atoms with van der Waals surface area (Å²) >= 11 is 0. The van der Waals surface area contributed by atoms with Crippen molar-refractivity contribution in [2.24, 2.45) is 5.84 Å². The van der Waals surface area contributed by atoms with Gasteiger partial charge < -0.3 is 10.2 Å². The Labute approximate surface area is 93.3 Å². The number of nitrogens with two attached hydrogens (primary N) is 1. The molecule has 0 saturated carbocycles. The SMILES string of the molecule is NNc1cc(OCc2ccccc2)ncn1. The first-order chi connectivity index (χ1) is 7.88. The Kier molecular flexibility index (Phi) is 3.30. The molecule has 3 N–H and O–H groups in total. The summed E-state index contributed by atoms with van der Waals surface area (Å²) in [6.45, 7) is 0.474. The van der Waals surface area contributed by atoms with Gasteiger partial charge >= 0.3 is 0 Å². The van der Waals surface area contributed by atoms with Crippen LogP contribution in [0.4, 0.5) is 5.82 Å². The van der Waals surface area contributed by atoms with Crippen molar-refractivity contribution in [3.05, 3.63) is 48.3 Å². The number of anilines is 1. The summed E-state index contributed by atoms with van der Waals surface area (Å²) in [5, 5.41) is 0. The summed E-state index contributed by atoms with van der Waals surface area (Å²) < 4.78 is 5.49. The number of nitrogens with zero attached hydrogens (tertiary/aromatic N) is 2. The van der Waals surface area contributed by atoms with Crippen LogP contribution < -0.4 is 16.0 Å². The van der Waals surface area contributed by atoms with E-state index in [1.54, 1.807) is 6.07 Å². The lowest BCUT2D eigenvalue weighted by molar-refractivity contribution is 0.293. The van der Waals surface area contributed by atoms with E-state index < -0.39 is 0 Å². The average Bonchev–Trinajstić information content (AvgIpc) is 2.38. The molecule has 1 aromatic carbocycles. The highest BCUT2D eigenvalue weighted by atomic mass is 16.5. The van der Waals surface area contributed by atoms with Gasteiger partial charge in [0.05, 0.1) is 0 Å². The summed E-state index contributed by atoms with van der Waals surface area (Å²) in [6, 6.07) is 11.5. The van der Waals surface area contributed by atoms with Crippen LogP contribution in [0.25, 0.3) is 0 Å². The number of rotatable bonds is 4. The first-order valence-corrected chi connectivity index (χ1v) is 4.84. The topological polar surface area (TPSA) is 73.1 Å². The molecule has 0 atom stereocenters. The fourth-order valence-corrected chi connectivity index (χ4v) is 1.23. The van der Waals surface area contributed by atoms with Crippen LogP contribution in [0, 0.1) is 0 Å². The van der Waals surface area contributed by atoms with E-state index in [1.165, 1.54) is 6.33 Å². The molecule has 0 saturated heterocycles. The van der Waals surface area contributed by atoms with E-state index in [4.69, 9.17) is 10.6 Å². The molecule has 0 bridgehead atoms. The molecule has 5 nitrogen and oxygen atoms in total. The van der Waals surface area contributed by atoms with Gasteiger partial charge in [0.2, 0.25) is 5.88 Å². The lowest BCUT2D eigenvalue weighted by Crippen LogP contribution is -2.09. The monoisotopic (exact) mass is 216 g/mol. The van der Waals surface area contributed by atoms with E-state index in [1.807, 2.05) is 30.3 Å². The van der Waals surface area contributed by atoms with Crippen molar-refractivity contribution >= 4 is 5.82 Å². The number of hydrogen-bond acceptors (Lipinski definition) is 5. The van der Waals surface area contributed by atoms with Gasteiger partial charge in [-0.2, -0.15) is 0 Å². The van der Waals surface area contributed by atoms with Crippen molar-refractivity contribution < 1.29 is 4.74 Å². The zero-order valence-corrected chi connectivity index (χ0v) is 8.63. The van der Waals surface area contributed by atoms with Gasteiger partial charge in [-0.3, -0.25) is 0 Å². The maximum atomic E-state index is 5.49. The second-order valence-corrected chi connectivity index (χ2v) is 3.16. The molecule has 0 fully saturated rings. The number of benzene rings is 1. The maximum Gasteiger partial charge on any atom is 0.218 e. The van der Waals surface area contributed by atoms with Gasteiger partial charge in [0.15, 0.2) is 0 Å². The van der Waals surface area contributed by atoms with E-state index in [0.717, 1.165) is 5.56 Å². The quantitative estimate of drug-likeness (QED) is 0.596. The molecule has 0 radical (unpaired) electrons. The van der Waals surface area contributed by atoms with Crippen molar-refractivity contribution in [1.29, 1.82) is 0 Å². The van der Waals surface area contributed by atoms with Crippen molar-refractivity contribution in [2.45, 2.75) is 6.61 Å². The Morgan fingerprint density at radius 2 is 2.00 bits per heavy atom. The molecule has 1 aromatic heterocycles. The molecule has 5 heteroatoms. The molecular weight excluding hydrogens is 204 g/mol. The molecule has 2 rings (SSSR count). The molecule has 1 heterocycles. The predicted octanol–water partition coefficient (Wildman–Crippen LogP) is 1.34. The van der Waals surface area contributed by atoms with Crippen LogP contribution in [-0.2, 0) is 6.61 Å². The van der Waals surface area contributed by atoms with Crippen molar-refractivity contribution in [3.8, 4) is 5.88 Å². The minimum atomic E-state index is 0.474. The van der Waals surface area contributed by atoms with Crippen molar-refractivity contribution in [2.75, 3.05) is 5.43 Å². The van der Waals surface area contributed by atoms with Crippen LogP contribution in [0.5, 0.6) is 5.88 Å². The largest absolute Gasteiger partial charge is 0.473 e. The number of ether oxygens (including phenoxy) is 1. The summed E-state index contributed by atoms with van der Waals surface area (Å²) in [6.07, 6.45) is 1.40. The van der Waals surface area contributed by atoms with Gasteiger partial charge in [-0.05, 0) is 5.56 Å². The fraction of sp³-hybridized carbons (Fsp3) is 0.0909. The molecule has 0 spiro atoms. The Balaban J connectivity index is 1.99. The minimum absolute atomic E-state index is 0.474. The van der Waals surface area contributed by atoms with Crippen LogP contribution in [0.15, 0.2) is 42.7 Å². The first kappa shape index (κ1) is 10.4. The number of nitrogen functional groups attached to an aromatic ring is 1. The normalized spacial score (nSPS) is 9.81. The van der Waals surface area contributed by atoms with Gasteiger partial charge in [0.25, 0.3) is 0 Å². The maximum absolute atomic E-state index is 5.49. The summed E-state index contributed by atoms with van der Waals surface area (Å²) in [7, 11) is 0. The second-order valence-electron chi connectivity index (χ2n) is 3.16. The predicted molar refractivity (Wildman–Crippen MR) is 60.6 cm³/mol. The Hall–Kier alpha value is -2.14. The zero-order valence-electron chi connectivity index (χ0n) is 8.63. The van der Waals surface area contributed by atoms with Gasteiger partial charge in [-0.15, -0.1) is 0 Å². The molecule has 16 heavy (non-hydrogen) atoms.